The van der Waals surface area contributed by atoms with Gasteiger partial charge < -0.3 is 20.1 Å². The minimum absolute atomic E-state index is 0.0695. The molecule has 0 aliphatic rings. The third-order valence-electron chi connectivity index (χ3n) is 2.01. The molecule has 0 aromatic heterocycles. The second-order valence-corrected chi connectivity index (χ2v) is 3.02. The van der Waals surface area contributed by atoms with Crippen molar-refractivity contribution in [2.45, 2.75) is 6.10 Å². The van der Waals surface area contributed by atoms with Gasteiger partial charge in [0.05, 0.1) is 7.11 Å². The number of phenolic OH excluding ortho intramolecular Hbond substituents is 1. The molecule has 86 valence electrons. The number of ether oxygens (including phenoxy) is 1. The molecule has 6 heteroatoms. The van der Waals surface area contributed by atoms with E-state index in [9.17, 15) is 19.8 Å². The first-order chi connectivity index (χ1) is 7.51. The number of carboxylic acids is 1. The van der Waals surface area contributed by atoms with Gasteiger partial charge in [-0.1, -0.05) is 0 Å². The summed E-state index contributed by atoms with van der Waals surface area (Å²) in [6.07, 6.45) is -1.45. The van der Waals surface area contributed by atoms with Crippen molar-refractivity contribution in [2.75, 3.05) is 7.11 Å². The van der Waals surface area contributed by atoms with E-state index in [0.717, 1.165) is 6.07 Å². The first-order valence-electron chi connectivity index (χ1n) is 4.28. The Bertz CT molecular complexity index is 426. The maximum absolute atomic E-state index is 10.6. The van der Waals surface area contributed by atoms with Crippen LogP contribution in [0.2, 0.25) is 0 Å². The molecule has 1 atom stereocenters. The van der Waals surface area contributed by atoms with E-state index < -0.39 is 17.8 Å². The fraction of sp³-hybridized carbons (Fsp3) is 0.200. The van der Waals surface area contributed by atoms with Crippen LogP contribution in [0.15, 0.2) is 12.1 Å². The standard InChI is InChI=1S/C10H10O6/c1-16-7-3-5(4-11)2-6(8(7)12)9(13)10(14)15/h2-4,9,12-13H,1H3,(H,14,15)/t9-/m1/s1. The third kappa shape index (κ3) is 2.12. The van der Waals surface area contributed by atoms with E-state index in [2.05, 4.69) is 0 Å². The fourth-order valence-electron chi connectivity index (χ4n) is 1.22. The lowest BCUT2D eigenvalue weighted by Crippen LogP contribution is -2.11. The van der Waals surface area contributed by atoms with Crippen LogP contribution in [0.4, 0.5) is 0 Å². The number of aliphatic hydroxyl groups is 1. The predicted octanol–water partition coefficient (Wildman–Crippen LogP) is 0.331. The number of hydrogen-bond acceptors (Lipinski definition) is 5. The molecule has 0 fully saturated rings. The van der Waals surface area contributed by atoms with Gasteiger partial charge in [0.25, 0.3) is 0 Å². The number of aliphatic carboxylic acids is 1. The van der Waals surface area contributed by atoms with Gasteiger partial charge >= 0.3 is 5.97 Å². The summed E-state index contributed by atoms with van der Waals surface area (Å²) in [5.41, 5.74) is -0.182. The van der Waals surface area contributed by atoms with Crippen molar-refractivity contribution >= 4 is 12.3 Å². The van der Waals surface area contributed by atoms with E-state index in [4.69, 9.17) is 9.84 Å². The van der Waals surface area contributed by atoms with Crippen LogP contribution in [-0.2, 0) is 4.79 Å². The van der Waals surface area contributed by atoms with Crippen molar-refractivity contribution in [1.82, 2.24) is 0 Å². The van der Waals surface area contributed by atoms with Gasteiger partial charge in [0, 0.05) is 11.1 Å². The first kappa shape index (κ1) is 12.0. The normalized spacial score (nSPS) is 11.9. The van der Waals surface area contributed by atoms with E-state index in [0.29, 0.717) is 6.29 Å². The highest BCUT2D eigenvalue weighted by molar-refractivity contribution is 5.81. The molecular weight excluding hydrogens is 216 g/mol. The number of aliphatic hydroxyl groups excluding tert-OH is 1. The third-order valence-corrected chi connectivity index (χ3v) is 2.01. The molecule has 6 nitrogen and oxygen atoms in total. The predicted molar refractivity (Wildman–Crippen MR) is 52.6 cm³/mol. The molecule has 1 aromatic rings. The molecule has 0 amide bonds. The van der Waals surface area contributed by atoms with Crippen LogP contribution in [0.1, 0.15) is 22.0 Å². The zero-order chi connectivity index (χ0) is 12.3. The van der Waals surface area contributed by atoms with Gasteiger partial charge in [0.2, 0.25) is 0 Å². The van der Waals surface area contributed by atoms with Gasteiger partial charge in [-0.05, 0) is 12.1 Å². The Hall–Kier alpha value is -2.08. The average Bonchev–Trinajstić information content (AvgIpc) is 2.28. The van der Waals surface area contributed by atoms with Crippen LogP contribution in [0, 0.1) is 0 Å². The van der Waals surface area contributed by atoms with Gasteiger partial charge in [-0.2, -0.15) is 0 Å². The zero-order valence-corrected chi connectivity index (χ0v) is 8.38. The highest BCUT2D eigenvalue weighted by atomic mass is 16.5. The van der Waals surface area contributed by atoms with E-state index in [1.165, 1.54) is 13.2 Å². The molecule has 1 aromatic carbocycles. The Balaban J connectivity index is 3.36. The fourth-order valence-corrected chi connectivity index (χ4v) is 1.22. The molecule has 1 rings (SSSR count). The van der Waals surface area contributed by atoms with Gasteiger partial charge in [-0.15, -0.1) is 0 Å². The molecule has 0 bridgehead atoms. The number of carbonyl (C=O) groups is 2. The van der Waals surface area contributed by atoms with E-state index in [1.807, 2.05) is 0 Å². The van der Waals surface area contributed by atoms with Gasteiger partial charge in [-0.25, -0.2) is 4.79 Å². The molecule has 0 radical (unpaired) electrons. The summed E-state index contributed by atoms with van der Waals surface area (Å²) in [5, 5.41) is 27.4. The number of carboxylic acid groups (broad SMARTS) is 1. The lowest BCUT2D eigenvalue weighted by molar-refractivity contribution is -0.147. The summed E-state index contributed by atoms with van der Waals surface area (Å²) >= 11 is 0. The number of methoxy groups -OCH3 is 1. The maximum atomic E-state index is 10.6. The Morgan fingerprint density at radius 2 is 2.12 bits per heavy atom. The number of aldehydes is 1. The van der Waals surface area contributed by atoms with Crippen LogP contribution >= 0.6 is 0 Å². The Kier molecular flexibility index (Phi) is 3.47. The molecular formula is C10H10O6. The van der Waals surface area contributed by atoms with Gasteiger partial charge in [0.15, 0.2) is 17.6 Å². The van der Waals surface area contributed by atoms with Gasteiger partial charge in [-0.3, -0.25) is 4.79 Å². The maximum Gasteiger partial charge on any atom is 0.337 e. The minimum atomic E-state index is -1.91. The van der Waals surface area contributed by atoms with E-state index in [-0.39, 0.29) is 16.9 Å². The van der Waals surface area contributed by atoms with E-state index >= 15 is 0 Å². The molecule has 16 heavy (non-hydrogen) atoms. The summed E-state index contributed by atoms with van der Waals surface area (Å²) < 4.78 is 4.75. The first-order valence-corrected chi connectivity index (χ1v) is 4.28. The number of benzene rings is 1. The van der Waals surface area contributed by atoms with Gasteiger partial charge in [0.1, 0.15) is 6.29 Å². The SMILES string of the molecule is COc1cc(C=O)cc([C@@H](O)C(=O)O)c1O. The summed E-state index contributed by atoms with van der Waals surface area (Å²) in [6, 6.07) is 2.32. The topological polar surface area (TPSA) is 104 Å². The summed E-state index contributed by atoms with van der Waals surface area (Å²) in [5.74, 6) is -2.09. The molecule has 0 aliphatic carbocycles. The molecule has 3 N–H and O–H groups in total. The Morgan fingerprint density at radius 1 is 1.50 bits per heavy atom. The number of phenols is 1. The minimum Gasteiger partial charge on any atom is -0.504 e. The average molecular weight is 226 g/mol. The Labute approximate surface area is 90.7 Å². The van der Waals surface area contributed by atoms with Crippen LogP contribution in [0.25, 0.3) is 0 Å². The second-order valence-electron chi connectivity index (χ2n) is 3.02. The molecule has 0 saturated heterocycles. The van der Waals surface area contributed by atoms with E-state index in [1.54, 1.807) is 0 Å². The number of hydrogen-bond donors (Lipinski definition) is 3. The lowest BCUT2D eigenvalue weighted by atomic mass is 10.0. The summed E-state index contributed by atoms with van der Waals surface area (Å²) in [7, 11) is 1.25. The number of rotatable bonds is 4. The lowest BCUT2D eigenvalue weighted by Gasteiger charge is -2.12. The second kappa shape index (κ2) is 4.63. The smallest absolute Gasteiger partial charge is 0.337 e. The van der Waals surface area contributed by atoms with Crippen molar-refractivity contribution in [2.24, 2.45) is 0 Å². The van der Waals surface area contributed by atoms with Crippen molar-refractivity contribution in [3.05, 3.63) is 23.3 Å². The summed E-state index contributed by atoms with van der Waals surface area (Å²) in [6.45, 7) is 0. The quantitative estimate of drug-likeness (QED) is 0.639. The van der Waals surface area contributed by atoms with Crippen molar-refractivity contribution in [1.29, 1.82) is 0 Å². The Morgan fingerprint density at radius 3 is 2.56 bits per heavy atom. The molecule has 0 spiro atoms. The summed E-state index contributed by atoms with van der Waals surface area (Å²) in [4.78, 5) is 21.1. The van der Waals surface area contributed by atoms with Crippen LogP contribution in [0.5, 0.6) is 11.5 Å². The zero-order valence-electron chi connectivity index (χ0n) is 8.38. The monoisotopic (exact) mass is 226 g/mol. The van der Waals surface area contributed by atoms with Crippen LogP contribution in [0.3, 0.4) is 0 Å². The van der Waals surface area contributed by atoms with Crippen LogP contribution < -0.4 is 4.74 Å². The highest BCUT2D eigenvalue weighted by Gasteiger charge is 2.22. The highest BCUT2D eigenvalue weighted by Crippen LogP contribution is 2.34. The van der Waals surface area contributed by atoms with Crippen LogP contribution in [-0.4, -0.2) is 34.7 Å². The molecule has 0 saturated carbocycles. The molecule has 0 aliphatic heterocycles. The van der Waals surface area contributed by atoms with Crippen molar-refractivity contribution in [3.8, 4) is 11.5 Å². The molecule has 0 unspecified atom stereocenters. The van der Waals surface area contributed by atoms with Crippen molar-refractivity contribution < 1.29 is 29.6 Å². The van der Waals surface area contributed by atoms with Crippen molar-refractivity contribution in [3.63, 3.8) is 0 Å². The largest absolute Gasteiger partial charge is 0.504 e. The number of carbonyl (C=O) groups excluding carboxylic acids is 1. The number of aromatic hydroxyl groups is 1. The molecule has 0 heterocycles.